The average Bonchev–Trinajstić information content (AvgIpc) is 2.50. The summed E-state index contributed by atoms with van der Waals surface area (Å²) in [6, 6.07) is 0.795. The molecule has 1 atom stereocenters. The Kier molecular flexibility index (Phi) is 9.63. The lowest BCUT2D eigenvalue weighted by atomic mass is 10.0. The molecular weight excluding hydrogens is 266 g/mol. The molecule has 1 aliphatic rings. The molecule has 0 aromatic carbocycles. The molecule has 1 unspecified atom stereocenters. The summed E-state index contributed by atoms with van der Waals surface area (Å²) in [6.45, 7) is 8.38. The van der Waals surface area contributed by atoms with E-state index in [0.717, 1.165) is 39.1 Å². The quantitative estimate of drug-likeness (QED) is 0.599. The highest BCUT2D eigenvalue weighted by molar-refractivity contribution is 5.78. The lowest BCUT2D eigenvalue weighted by Gasteiger charge is -2.35. The van der Waals surface area contributed by atoms with Crippen LogP contribution in [0.3, 0.4) is 0 Å². The molecule has 1 rings (SSSR count). The number of hydrogen-bond donors (Lipinski definition) is 2. The molecule has 5 heteroatoms. The zero-order chi connectivity index (χ0) is 15.5. The van der Waals surface area contributed by atoms with Crippen molar-refractivity contribution in [1.29, 1.82) is 0 Å². The van der Waals surface area contributed by atoms with Gasteiger partial charge >= 0.3 is 0 Å². The van der Waals surface area contributed by atoms with E-state index < -0.39 is 0 Å². The first-order valence-corrected chi connectivity index (χ1v) is 8.44. The third-order valence-electron chi connectivity index (χ3n) is 4.31. The van der Waals surface area contributed by atoms with Crippen LogP contribution >= 0.6 is 0 Å². The number of piperidine rings is 1. The minimum absolute atomic E-state index is 0.174. The SMILES string of the molecule is CCC(CC)NC(=O)CN1CCCCC1CNCCOC. The second kappa shape index (κ2) is 11.0. The van der Waals surface area contributed by atoms with Crippen LogP contribution in [-0.4, -0.2) is 62.8 Å². The Hall–Kier alpha value is -0.650. The molecule has 0 bridgehead atoms. The first kappa shape index (κ1) is 18.4. The number of ether oxygens (including phenoxy) is 1. The number of nitrogens with zero attached hydrogens (tertiary/aromatic N) is 1. The normalized spacial score (nSPS) is 19.9. The van der Waals surface area contributed by atoms with Crippen LogP contribution in [0.4, 0.5) is 0 Å². The van der Waals surface area contributed by atoms with Gasteiger partial charge in [-0.2, -0.15) is 0 Å². The largest absolute Gasteiger partial charge is 0.383 e. The van der Waals surface area contributed by atoms with Crippen molar-refractivity contribution in [2.75, 3.05) is 39.9 Å². The Labute approximate surface area is 129 Å². The van der Waals surface area contributed by atoms with E-state index in [1.807, 2.05) is 0 Å². The van der Waals surface area contributed by atoms with Crippen LogP contribution in [0.5, 0.6) is 0 Å². The minimum Gasteiger partial charge on any atom is -0.383 e. The van der Waals surface area contributed by atoms with Gasteiger partial charge in [0.2, 0.25) is 5.91 Å². The van der Waals surface area contributed by atoms with Gasteiger partial charge < -0.3 is 15.4 Å². The van der Waals surface area contributed by atoms with Crippen molar-refractivity contribution in [3.05, 3.63) is 0 Å². The van der Waals surface area contributed by atoms with Gasteiger partial charge in [0.05, 0.1) is 13.2 Å². The number of hydrogen-bond acceptors (Lipinski definition) is 4. The lowest BCUT2D eigenvalue weighted by molar-refractivity contribution is -0.123. The smallest absolute Gasteiger partial charge is 0.234 e. The Balaban J connectivity index is 2.36. The molecule has 0 spiro atoms. The van der Waals surface area contributed by atoms with Crippen molar-refractivity contribution in [3.63, 3.8) is 0 Å². The fraction of sp³-hybridized carbons (Fsp3) is 0.938. The Morgan fingerprint density at radius 1 is 1.33 bits per heavy atom. The summed E-state index contributed by atoms with van der Waals surface area (Å²) < 4.78 is 5.05. The summed E-state index contributed by atoms with van der Waals surface area (Å²) in [7, 11) is 1.72. The summed E-state index contributed by atoms with van der Waals surface area (Å²) in [6.07, 6.45) is 5.65. The zero-order valence-electron chi connectivity index (χ0n) is 14.0. The van der Waals surface area contributed by atoms with Crippen molar-refractivity contribution >= 4 is 5.91 Å². The van der Waals surface area contributed by atoms with Gasteiger partial charge in [0, 0.05) is 32.3 Å². The van der Waals surface area contributed by atoms with Crippen LogP contribution < -0.4 is 10.6 Å². The number of rotatable bonds is 10. The number of carbonyl (C=O) groups excluding carboxylic acids is 1. The van der Waals surface area contributed by atoms with Gasteiger partial charge in [-0.1, -0.05) is 20.3 Å². The summed E-state index contributed by atoms with van der Waals surface area (Å²) in [5, 5.41) is 6.56. The van der Waals surface area contributed by atoms with E-state index in [9.17, 15) is 4.79 Å². The average molecular weight is 299 g/mol. The number of carbonyl (C=O) groups is 1. The topological polar surface area (TPSA) is 53.6 Å². The summed E-state index contributed by atoms with van der Waals surface area (Å²) in [5.74, 6) is 0.174. The van der Waals surface area contributed by atoms with E-state index in [0.29, 0.717) is 18.6 Å². The molecule has 5 nitrogen and oxygen atoms in total. The number of methoxy groups -OCH3 is 1. The predicted molar refractivity (Wildman–Crippen MR) is 86.5 cm³/mol. The summed E-state index contributed by atoms with van der Waals surface area (Å²) in [4.78, 5) is 14.5. The molecule has 1 heterocycles. The van der Waals surface area contributed by atoms with E-state index >= 15 is 0 Å². The maximum atomic E-state index is 12.2. The van der Waals surface area contributed by atoms with Crippen molar-refractivity contribution in [1.82, 2.24) is 15.5 Å². The second-order valence-corrected chi connectivity index (χ2v) is 5.90. The minimum atomic E-state index is 0.174. The van der Waals surface area contributed by atoms with Gasteiger partial charge in [0.1, 0.15) is 0 Å². The van der Waals surface area contributed by atoms with Crippen LogP contribution in [0, 0.1) is 0 Å². The molecule has 1 fully saturated rings. The van der Waals surface area contributed by atoms with Crippen molar-refractivity contribution in [2.45, 2.75) is 58.0 Å². The predicted octanol–water partition coefficient (Wildman–Crippen LogP) is 1.38. The highest BCUT2D eigenvalue weighted by atomic mass is 16.5. The Bertz CT molecular complexity index is 283. The van der Waals surface area contributed by atoms with Crippen molar-refractivity contribution in [2.24, 2.45) is 0 Å². The van der Waals surface area contributed by atoms with Crippen LogP contribution in [0.1, 0.15) is 46.0 Å². The van der Waals surface area contributed by atoms with Gasteiger partial charge in [0.25, 0.3) is 0 Å². The Morgan fingerprint density at radius 3 is 2.76 bits per heavy atom. The fourth-order valence-corrected chi connectivity index (χ4v) is 2.89. The van der Waals surface area contributed by atoms with Gasteiger partial charge in [-0.3, -0.25) is 9.69 Å². The Morgan fingerprint density at radius 2 is 2.10 bits per heavy atom. The van der Waals surface area contributed by atoms with E-state index in [1.165, 1.54) is 19.3 Å². The van der Waals surface area contributed by atoms with Crippen molar-refractivity contribution in [3.8, 4) is 0 Å². The molecule has 124 valence electrons. The maximum Gasteiger partial charge on any atom is 0.234 e. The van der Waals surface area contributed by atoms with Gasteiger partial charge in [0.15, 0.2) is 0 Å². The van der Waals surface area contributed by atoms with E-state index in [-0.39, 0.29) is 5.91 Å². The molecule has 1 aliphatic heterocycles. The lowest BCUT2D eigenvalue weighted by Crippen LogP contribution is -2.50. The van der Waals surface area contributed by atoms with Gasteiger partial charge in [-0.05, 0) is 32.2 Å². The third-order valence-corrected chi connectivity index (χ3v) is 4.31. The number of nitrogens with one attached hydrogen (secondary N) is 2. The molecular formula is C16H33N3O2. The highest BCUT2D eigenvalue weighted by Crippen LogP contribution is 2.16. The van der Waals surface area contributed by atoms with E-state index in [1.54, 1.807) is 7.11 Å². The molecule has 0 aromatic heterocycles. The molecule has 0 aliphatic carbocycles. The summed E-state index contributed by atoms with van der Waals surface area (Å²) >= 11 is 0. The molecule has 0 saturated carbocycles. The maximum absolute atomic E-state index is 12.2. The van der Waals surface area contributed by atoms with Gasteiger partial charge in [-0.15, -0.1) is 0 Å². The second-order valence-electron chi connectivity index (χ2n) is 5.90. The van der Waals surface area contributed by atoms with Crippen LogP contribution in [-0.2, 0) is 9.53 Å². The molecule has 0 radical (unpaired) electrons. The monoisotopic (exact) mass is 299 g/mol. The zero-order valence-corrected chi connectivity index (χ0v) is 14.0. The number of amides is 1. The molecule has 2 N–H and O–H groups in total. The van der Waals surface area contributed by atoms with E-state index in [2.05, 4.69) is 29.4 Å². The molecule has 21 heavy (non-hydrogen) atoms. The summed E-state index contributed by atoms with van der Waals surface area (Å²) in [5.41, 5.74) is 0. The molecule has 1 amide bonds. The van der Waals surface area contributed by atoms with Crippen LogP contribution in [0.2, 0.25) is 0 Å². The first-order valence-electron chi connectivity index (χ1n) is 8.44. The first-order chi connectivity index (χ1) is 10.2. The van der Waals surface area contributed by atoms with E-state index in [4.69, 9.17) is 4.74 Å². The van der Waals surface area contributed by atoms with Crippen molar-refractivity contribution < 1.29 is 9.53 Å². The molecule has 0 aromatic rings. The van der Waals surface area contributed by atoms with Crippen LogP contribution in [0.15, 0.2) is 0 Å². The highest BCUT2D eigenvalue weighted by Gasteiger charge is 2.24. The van der Waals surface area contributed by atoms with Gasteiger partial charge in [-0.25, -0.2) is 0 Å². The fourth-order valence-electron chi connectivity index (χ4n) is 2.89. The third kappa shape index (κ3) is 7.25. The van der Waals surface area contributed by atoms with Crippen LogP contribution in [0.25, 0.3) is 0 Å². The standard InChI is InChI=1S/C16H33N3O2/c1-4-14(5-2)18-16(20)13-19-10-7-6-8-15(19)12-17-9-11-21-3/h14-15,17H,4-13H2,1-3H3,(H,18,20). The molecule has 1 saturated heterocycles. The number of likely N-dealkylation sites (tertiary alicyclic amines) is 1.